The molecule has 2 aromatic carbocycles. The topological polar surface area (TPSA) is 79.5 Å². The highest BCUT2D eigenvalue weighted by atomic mass is 16.5. The summed E-state index contributed by atoms with van der Waals surface area (Å²) in [6, 6.07) is 14.1. The minimum atomic E-state index is -0.498. The molecule has 0 heterocycles. The summed E-state index contributed by atoms with van der Waals surface area (Å²) in [5, 5.41) is 8.18. The van der Waals surface area contributed by atoms with Crippen LogP contribution in [0.5, 0.6) is 0 Å². The number of nitrogens with one attached hydrogen (secondary N) is 3. The standard InChI is InChI=1S/C19H23N3O3/c1-3-4-12-25-19(24)22-17-13-16(11-10-14(17)2)21-18(23)20-15-8-6-5-7-9-15/h5-11,13H,3-4,12H2,1-2H3,(H,22,24)(H2,20,21,23). The molecule has 6 nitrogen and oxygen atoms in total. The lowest BCUT2D eigenvalue weighted by molar-refractivity contribution is 0.160. The van der Waals surface area contributed by atoms with Gasteiger partial charge in [0, 0.05) is 17.1 Å². The van der Waals surface area contributed by atoms with Crippen molar-refractivity contribution >= 4 is 29.2 Å². The zero-order valence-electron chi connectivity index (χ0n) is 14.5. The minimum Gasteiger partial charge on any atom is -0.449 e. The zero-order chi connectivity index (χ0) is 18.1. The van der Waals surface area contributed by atoms with Crippen LogP contribution in [0.2, 0.25) is 0 Å². The fraction of sp³-hybridized carbons (Fsp3) is 0.263. The molecule has 132 valence electrons. The molecule has 0 aliphatic carbocycles. The number of aryl methyl sites for hydroxylation is 1. The van der Waals surface area contributed by atoms with Gasteiger partial charge in [-0.25, -0.2) is 9.59 Å². The van der Waals surface area contributed by atoms with Crippen molar-refractivity contribution in [3.63, 3.8) is 0 Å². The average Bonchev–Trinajstić information content (AvgIpc) is 2.59. The first kappa shape index (κ1) is 18.3. The van der Waals surface area contributed by atoms with Gasteiger partial charge in [-0.3, -0.25) is 5.32 Å². The van der Waals surface area contributed by atoms with Gasteiger partial charge in [-0.05, 0) is 43.2 Å². The number of amides is 3. The highest BCUT2D eigenvalue weighted by molar-refractivity contribution is 6.00. The van der Waals surface area contributed by atoms with Crippen molar-refractivity contribution < 1.29 is 14.3 Å². The predicted octanol–water partition coefficient (Wildman–Crippen LogP) is 4.99. The Balaban J connectivity index is 1.95. The molecule has 0 aliphatic heterocycles. The van der Waals surface area contributed by atoms with Gasteiger partial charge in [0.15, 0.2) is 0 Å². The molecule has 25 heavy (non-hydrogen) atoms. The van der Waals surface area contributed by atoms with E-state index >= 15 is 0 Å². The molecule has 0 aromatic heterocycles. The SMILES string of the molecule is CCCCOC(=O)Nc1cc(NC(=O)Nc2ccccc2)ccc1C. The van der Waals surface area contributed by atoms with E-state index in [4.69, 9.17) is 4.74 Å². The molecule has 3 amide bonds. The molecular weight excluding hydrogens is 318 g/mol. The van der Waals surface area contributed by atoms with Crippen LogP contribution < -0.4 is 16.0 Å². The van der Waals surface area contributed by atoms with Gasteiger partial charge < -0.3 is 15.4 Å². The Labute approximate surface area is 147 Å². The Morgan fingerprint density at radius 3 is 2.40 bits per heavy atom. The van der Waals surface area contributed by atoms with E-state index in [0.29, 0.717) is 23.7 Å². The van der Waals surface area contributed by atoms with Crippen LogP contribution in [-0.2, 0) is 4.74 Å². The molecule has 0 fully saturated rings. The highest BCUT2D eigenvalue weighted by Crippen LogP contribution is 2.21. The fourth-order valence-electron chi connectivity index (χ4n) is 2.10. The first-order valence-electron chi connectivity index (χ1n) is 8.26. The minimum absolute atomic E-state index is 0.355. The fourth-order valence-corrected chi connectivity index (χ4v) is 2.10. The van der Waals surface area contributed by atoms with Crippen LogP contribution in [0.3, 0.4) is 0 Å². The molecule has 0 bridgehead atoms. The van der Waals surface area contributed by atoms with Crippen LogP contribution in [0.25, 0.3) is 0 Å². The van der Waals surface area contributed by atoms with E-state index in [0.717, 1.165) is 18.4 Å². The summed E-state index contributed by atoms with van der Waals surface area (Å²) in [6.07, 6.45) is 1.29. The summed E-state index contributed by atoms with van der Waals surface area (Å²) in [5.74, 6) is 0. The second-order valence-corrected chi connectivity index (χ2v) is 5.59. The maximum Gasteiger partial charge on any atom is 0.411 e. The van der Waals surface area contributed by atoms with E-state index in [1.807, 2.05) is 38.1 Å². The summed E-state index contributed by atoms with van der Waals surface area (Å²) in [4.78, 5) is 23.8. The van der Waals surface area contributed by atoms with Crippen molar-refractivity contribution in [1.29, 1.82) is 0 Å². The number of para-hydroxylation sites is 1. The Bertz CT molecular complexity index is 717. The number of urea groups is 1. The first-order valence-corrected chi connectivity index (χ1v) is 8.26. The third-order valence-corrected chi connectivity index (χ3v) is 3.49. The third kappa shape index (κ3) is 6.18. The first-order chi connectivity index (χ1) is 12.1. The van der Waals surface area contributed by atoms with Gasteiger partial charge in [-0.1, -0.05) is 37.6 Å². The van der Waals surface area contributed by atoms with E-state index in [2.05, 4.69) is 16.0 Å². The number of ether oxygens (including phenoxy) is 1. The van der Waals surface area contributed by atoms with Crippen molar-refractivity contribution in [3.05, 3.63) is 54.1 Å². The Kier molecular flexibility index (Phi) is 6.83. The molecule has 0 saturated heterocycles. The molecule has 0 atom stereocenters. The average molecular weight is 341 g/mol. The summed E-state index contributed by atoms with van der Waals surface area (Å²) < 4.78 is 5.09. The van der Waals surface area contributed by atoms with Gasteiger partial charge >= 0.3 is 12.1 Å². The number of carbonyl (C=O) groups excluding carboxylic acids is 2. The van der Waals surface area contributed by atoms with E-state index < -0.39 is 6.09 Å². The second kappa shape index (κ2) is 9.32. The third-order valence-electron chi connectivity index (χ3n) is 3.49. The number of hydrogen-bond donors (Lipinski definition) is 3. The quantitative estimate of drug-likeness (QED) is 0.648. The van der Waals surface area contributed by atoms with E-state index in [1.165, 1.54) is 0 Å². The van der Waals surface area contributed by atoms with Crippen molar-refractivity contribution in [3.8, 4) is 0 Å². The summed E-state index contributed by atoms with van der Waals surface area (Å²) in [5.41, 5.74) is 2.74. The van der Waals surface area contributed by atoms with Crippen molar-refractivity contribution in [2.24, 2.45) is 0 Å². The van der Waals surface area contributed by atoms with Crippen LogP contribution in [0.1, 0.15) is 25.3 Å². The number of hydrogen-bond acceptors (Lipinski definition) is 3. The molecule has 0 unspecified atom stereocenters. The van der Waals surface area contributed by atoms with Gasteiger partial charge in [0.1, 0.15) is 0 Å². The lowest BCUT2D eigenvalue weighted by Gasteiger charge is -2.12. The molecule has 2 aromatic rings. The van der Waals surface area contributed by atoms with Crippen molar-refractivity contribution in [2.45, 2.75) is 26.7 Å². The van der Waals surface area contributed by atoms with Crippen LogP contribution in [0.15, 0.2) is 48.5 Å². The lowest BCUT2D eigenvalue weighted by atomic mass is 10.2. The molecule has 0 spiro atoms. The van der Waals surface area contributed by atoms with Crippen molar-refractivity contribution in [2.75, 3.05) is 22.6 Å². The lowest BCUT2D eigenvalue weighted by Crippen LogP contribution is -2.20. The molecule has 0 radical (unpaired) electrons. The van der Waals surface area contributed by atoms with Gasteiger partial charge in [0.25, 0.3) is 0 Å². The molecule has 0 saturated carbocycles. The monoisotopic (exact) mass is 341 g/mol. The largest absolute Gasteiger partial charge is 0.449 e. The second-order valence-electron chi connectivity index (χ2n) is 5.59. The van der Waals surface area contributed by atoms with Gasteiger partial charge in [-0.15, -0.1) is 0 Å². The van der Waals surface area contributed by atoms with Crippen LogP contribution in [-0.4, -0.2) is 18.7 Å². The highest BCUT2D eigenvalue weighted by Gasteiger charge is 2.08. The van der Waals surface area contributed by atoms with E-state index in [9.17, 15) is 9.59 Å². The van der Waals surface area contributed by atoms with Crippen molar-refractivity contribution in [1.82, 2.24) is 0 Å². The number of rotatable bonds is 6. The summed E-state index contributed by atoms with van der Waals surface area (Å²) in [6.45, 7) is 4.29. The van der Waals surface area contributed by atoms with E-state index in [-0.39, 0.29) is 6.03 Å². The maximum absolute atomic E-state index is 12.0. The molecule has 0 aliphatic rings. The maximum atomic E-state index is 12.0. The van der Waals surface area contributed by atoms with Crippen LogP contribution >= 0.6 is 0 Å². The number of carbonyl (C=O) groups is 2. The Morgan fingerprint density at radius 1 is 0.960 bits per heavy atom. The Hall–Kier alpha value is -3.02. The molecular formula is C19H23N3O3. The zero-order valence-corrected chi connectivity index (χ0v) is 14.5. The molecule has 6 heteroatoms. The van der Waals surface area contributed by atoms with Gasteiger partial charge in [0.2, 0.25) is 0 Å². The molecule has 3 N–H and O–H groups in total. The normalized spacial score (nSPS) is 10.0. The summed E-state index contributed by atoms with van der Waals surface area (Å²) in [7, 11) is 0. The van der Waals surface area contributed by atoms with Crippen LogP contribution in [0, 0.1) is 6.92 Å². The number of benzene rings is 2. The smallest absolute Gasteiger partial charge is 0.411 e. The number of unbranched alkanes of at least 4 members (excludes halogenated alkanes) is 1. The Morgan fingerprint density at radius 2 is 1.68 bits per heavy atom. The summed E-state index contributed by atoms with van der Waals surface area (Å²) >= 11 is 0. The van der Waals surface area contributed by atoms with Gasteiger partial charge in [0.05, 0.1) is 6.61 Å². The van der Waals surface area contributed by atoms with E-state index in [1.54, 1.807) is 24.3 Å². The molecule has 2 rings (SSSR count). The van der Waals surface area contributed by atoms with Crippen LogP contribution in [0.4, 0.5) is 26.7 Å². The predicted molar refractivity (Wildman–Crippen MR) is 100 cm³/mol. The number of anilines is 3. The van der Waals surface area contributed by atoms with Gasteiger partial charge in [-0.2, -0.15) is 0 Å².